The third kappa shape index (κ3) is 26.7. The van der Waals surface area contributed by atoms with E-state index >= 15 is 0 Å². The highest BCUT2D eigenvalue weighted by Gasteiger charge is 2.39. The van der Waals surface area contributed by atoms with Crippen molar-refractivity contribution in [1.29, 1.82) is 0 Å². The van der Waals surface area contributed by atoms with Crippen molar-refractivity contribution in [3.05, 3.63) is 71.9 Å². The van der Waals surface area contributed by atoms with Gasteiger partial charge in [0, 0.05) is 98.6 Å². The van der Waals surface area contributed by atoms with Gasteiger partial charge in [-0.2, -0.15) is 25.3 Å². The van der Waals surface area contributed by atoms with Gasteiger partial charge >= 0.3 is 5.97 Å². The predicted octanol–water partition coefficient (Wildman–Crippen LogP) is 0.231. The number of aliphatic imine (C=N–C) groups is 3. The van der Waals surface area contributed by atoms with E-state index in [-0.39, 0.29) is 100 Å². The van der Waals surface area contributed by atoms with Crippen molar-refractivity contribution in [2.24, 2.45) is 78.5 Å². The van der Waals surface area contributed by atoms with Gasteiger partial charge in [0.25, 0.3) is 0 Å². The topological polar surface area (TPSA) is 480 Å². The highest BCUT2D eigenvalue weighted by atomic mass is 32.1. The van der Waals surface area contributed by atoms with Gasteiger partial charge in [-0.1, -0.05) is 69.3 Å². The lowest BCUT2D eigenvalue weighted by molar-refractivity contribution is -0.146. The van der Waals surface area contributed by atoms with Crippen molar-refractivity contribution in [2.45, 2.75) is 148 Å². The molecule has 0 radical (unpaired) electrons. The summed E-state index contributed by atoms with van der Waals surface area (Å²) in [7, 11) is 0. The molecule has 20 N–H and O–H groups in total. The second-order valence-corrected chi connectivity index (χ2v) is 23.9. The van der Waals surface area contributed by atoms with Crippen LogP contribution in [0.2, 0.25) is 0 Å². The number of para-hydroxylation sites is 1. The Morgan fingerprint density at radius 2 is 1.01 bits per heavy atom. The van der Waals surface area contributed by atoms with E-state index < -0.39 is 143 Å². The number of nitrogens with two attached hydrogens (primary N) is 6. The van der Waals surface area contributed by atoms with Crippen LogP contribution < -0.4 is 61.0 Å². The Kier molecular flexibility index (Phi) is 31.9. The van der Waals surface area contributed by atoms with Crippen molar-refractivity contribution in [2.75, 3.05) is 31.1 Å². The highest BCUT2D eigenvalue weighted by Crippen LogP contribution is 2.26. The number of carboxylic acids is 1. The molecule has 0 bridgehead atoms. The molecule has 0 unspecified atom stereocenters. The Bertz CT molecular complexity index is 2980. The molecule has 1 heterocycles. The maximum absolute atomic E-state index is 15.0. The molecule has 10 atom stereocenters. The zero-order chi connectivity index (χ0) is 66.5. The van der Waals surface area contributed by atoms with Gasteiger partial charge in [-0.15, -0.1) is 0 Å². The normalized spacial score (nSPS) is 14.7. The Morgan fingerprint density at radius 3 is 1.53 bits per heavy atom. The summed E-state index contributed by atoms with van der Waals surface area (Å²) in [5.41, 5.74) is 34.1. The summed E-state index contributed by atoms with van der Waals surface area (Å²) in [6.07, 6.45) is -0.791. The molecular weight excluding hydrogens is 1190 g/mol. The molecule has 0 saturated carbocycles. The van der Waals surface area contributed by atoms with Gasteiger partial charge in [-0.05, 0) is 80.9 Å². The molecule has 0 aliphatic carbocycles. The summed E-state index contributed by atoms with van der Waals surface area (Å²) in [5, 5.41) is 34.8. The van der Waals surface area contributed by atoms with Gasteiger partial charge in [-0.3, -0.25) is 58.1 Å². The summed E-state index contributed by atoms with van der Waals surface area (Å²) < 4.78 is 0. The number of nitrogens with zero attached hydrogens (tertiary/aromatic N) is 3. The van der Waals surface area contributed by atoms with Crippen molar-refractivity contribution in [1.82, 2.24) is 31.6 Å². The van der Waals surface area contributed by atoms with Gasteiger partial charge in [0.2, 0.25) is 29.5 Å². The number of amides is 5. The monoisotopic (exact) mass is 1280 g/mol. The second kappa shape index (κ2) is 37.7. The van der Waals surface area contributed by atoms with E-state index in [0.29, 0.717) is 17.5 Å². The van der Waals surface area contributed by atoms with Crippen LogP contribution in [-0.2, 0) is 60.8 Å². The van der Waals surface area contributed by atoms with E-state index in [1.807, 2.05) is 18.2 Å². The van der Waals surface area contributed by atoms with Gasteiger partial charge in [-0.25, -0.2) is 4.79 Å². The van der Waals surface area contributed by atoms with Crippen LogP contribution in [0.5, 0.6) is 0 Å². The molecule has 0 aliphatic heterocycles. The number of rotatable bonds is 41. The van der Waals surface area contributed by atoms with Crippen LogP contribution >= 0.6 is 25.3 Å². The Balaban J connectivity index is 1.96. The number of ketones is 4. The number of aromatic nitrogens is 1. The van der Waals surface area contributed by atoms with Crippen LogP contribution in [0, 0.1) is 29.1 Å². The first-order valence-corrected chi connectivity index (χ1v) is 30.7. The van der Waals surface area contributed by atoms with Crippen LogP contribution in [0.4, 0.5) is 0 Å². The van der Waals surface area contributed by atoms with Crippen LogP contribution in [-0.4, -0.2) is 159 Å². The van der Waals surface area contributed by atoms with Gasteiger partial charge in [0.05, 0.1) is 30.1 Å². The maximum atomic E-state index is 15.0. The number of carbonyl (C=O) groups is 10. The number of Topliss-reactive ketones (excluding diaryl/α,β-unsaturated/α-hetero) is 4. The third-order valence-corrected chi connectivity index (χ3v) is 15.6. The van der Waals surface area contributed by atoms with Gasteiger partial charge in [0.15, 0.2) is 41.0 Å². The molecule has 3 rings (SSSR count). The van der Waals surface area contributed by atoms with Crippen molar-refractivity contribution < 1.29 is 58.2 Å². The van der Waals surface area contributed by atoms with Crippen LogP contribution in [0.25, 0.3) is 10.9 Å². The number of aromatic amines is 1. The minimum Gasteiger partial charge on any atom is -0.480 e. The van der Waals surface area contributed by atoms with E-state index in [4.69, 9.17) is 34.4 Å². The number of aliphatic carboxylic acids is 1. The molecule has 3 aromatic rings. The third-order valence-electron chi connectivity index (χ3n) is 14.8. The number of benzene rings is 2. The first-order valence-electron chi connectivity index (χ1n) is 29.4. The lowest BCUT2D eigenvalue weighted by atomic mass is 9.85. The fraction of sp³-hybridized carbons (Fsp3) is 0.550. The van der Waals surface area contributed by atoms with Crippen LogP contribution in [0.1, 0.15) is 110 Å². The number of hydrogen-bond acceptors (Lipinski definition) is 16. The standard InChI is InChI=1S/C60H91N15O12S2/c1-33(76)50(49(81)27-37(17-12-22-68-58(63)64)53(83)75-51(56(86)87)60(3,4)5)74-55(85)40(31-88)29-48(80)45(32-89)73-54(84)38(25-39-30-70-42-19-10-9-18-41(39)42)28-47(79)44(24-35-14-7-6-8-15-35)72-52(82)36(16-11-21-67-57(61)62)26-46(78)43(71-34(2)77)20-13-23-69-59(65)66/h6-10,14-15,18-19,30,33,36-38,40,43-45,50-51,70,76,88-89H,11-13,16-17,20-29,31-32H2,1-5H3,(H,71,77)(H,72,82)(H,73,84)(H,74,85)(H,75,83)(H,86,87)(H4,61,62,67)(H4,63,64,68)(H4,65,66,69)/t33-,36-,37-,38-,40+,43+,44+,45+,50+,51-/m1/s1. The lowest BCUT2D eigenvalue weighted by Crippen LogP contribution is -2.53. The molecule has 490 valence electrons. The number of carbonyl (C=O) groups excluding carboxylic acids is 9. The molecule has 0 fully saturated rings. The minimum absolute atomic E-state index is 0.0137. The Hall–Kier alpha value is -8.05. The Morgan fingerprint density at radius 1 is 0.551 bits per heavy atom. The first-order chi connectivity index (χ1) is 41.9. The average molecular weight is 1280 g/mol. The van der Waals surface area contributed by atoms with E-state index in [9.17, 15) is 58.2 Å². The SMILES string of the molecule is CC(=O)N[C@@H](CCCN=C(N)N)C(=O)C[C@@H](CCCN=C(N)N)C(=O)N[C@@H](Cc1ccccc1)C(=O)C[C@@H](Cc1c[nH]c2ccccc12)C(=O)N[C@@H](CS)C(=O)C[C@@H](CS)C(=O)N[C@H](C(=O)C[C@@H](CCCN=C(N)N)C(=O)N[C@H](C(=O)O)C(C)(C)C)[C@@H](C)O. The number of fused-ring (bicyclic) bond motifs is 1. The zero-order valence-corrected chi connectivity index (χ0v) is 53.0. The highest BCUT2D eigenvalue weighted by molar-refractivity contribution is 7.80. The predicted molar refractivity (Wildman–Crippen MR) is 346 cm³/mol. The van der Waals surface area contributed by atoms with E-state index in [0.717, 1.165) is 10.9 Å². The van der Waals surface area contributed by atoms with Crippen molar-refractivity contribution in [3.8, 4) is 0 Å². The number of hydrogen-bond donors (Lipinski definition) is 16. The number of H-pyrrole nitrogens is 1. The number of aliphatic hydroxyl groups excluding tert-OH is 1. The number of nitrogens with one attached hydrogen (secondary N) is 6. The summed E-state index contributed by atoms with van der Waals surface area (Å²) in [4.78, 5) is 154. The molecule has 27 nitrogen and oxygen atoms in total. The molecule has 2 aromatic carbocycles. The number of thiol groups is 2. The Labute approximate surface area is 529 Å². The van der Waals surface area contributed by atoms with Gasteiger partial charge in [0.1, 0.15) is 12.1 Å². The first kappa shape index (κ1) is 75.2. The van der Waals surface area contributed by atoms with Crippen molar-refractivity contribution in [3.63, 3.8) is 0 Å². The molecule has 0 aliphatic rings. The van der Waals surface area contributed by atoms with Gasteiger partial charge < -0.3 is 76.2 Å². The van der Waals surface area contributed by atoms with E-state index in [1.165, 1.54) is 13.8 Å². The average Bonchev–Trinajstić information content (AvgIpc) is 2.41. The number of carboxylic acid groups (broad SMARTS) is 1. The second-order valence-electron chi connectivity index (χ2n) is 23.2. The largest absolute Gasteiger partial charge is 0.480 e. The molecule has 5 amide bonds. The molecule has 89 heavy (non-hydrogen) atoms. The number of aliphatic hydroxyl groups is 1. The summed E-state index contributed by atoms with van der Waals surface area (Å²) in [6.45, 7) is 7.70. The molecular formula is C60H91N15O12S2. The number of guanidine groups is 3. The summed E-state index contributed by atoms with van der Waals surface area (Å²) in [5.74, 6) is -13.0. The lowest BCUT2D eigenvalue weighted by Gasteiger charge is -2.30. The van der Waals surface area contributed by atoms with E-state index in [1.54, 1.807) is 63.4 Å². The summed E-state index contributed by atoms with van der Waals surface area (Å²) >= 11 is 8.75. The smallest absolute Gasteiger partial charge is 0.326 e. The van der Waals surface area contributed by atoms with E-state index in [2.05, 4.69) is 71.8 Å². The molecule has 0 spiro atoms. The molecule has 0 saturated heterocycles. The quantitative estimate of drug-likeness (QED) is 0.0156. The maximum Gasteiger partial charge on any atom is 0.326 e. The van der Waals surface area contributed by atoms with Crippen LogP contribution in [0.15, 0.2) is 75.8 Å². The molecule has 29 heteroatoms. The van der Waals surface area contributed by atoms with Crippen molar-refractivity contribution >= 4 is 113 Å². The fourth-order valence-corrected chi connectivity index (χ4v) is 10.5. The summed E-state index contributed by atoms with van der Waals surface area (Å²) in [6, 6.07) is 9.52. The fourth-order valence-electron chi connectivity index (χ4n) is 9.95. The zero-order valence-electron chi connectivity index (χ0n) is 51.2. The minimum atomic E-state index is -1.60. The van der Waals surface area contributed by atoms with Crippen LogP contribution in [0.3, 0.4) is 0 Å². The molecule has 1 aromatic heterocycles.